The topological polar surface area (TPSA) is 344 Å². The monoisotopic (exact) mass is 557 g/mol. The van der Waals surface area contributed by atoms with Crippen LogP contribution in [-0.4, -0.2) is 90.5 Å². The molecule has 0 aromatic heterocycles. The van der Waals surface area contributed by atoms with Crippen molar-refractivity contribution in [3.8, 4) is 0 Å². The van der Waals surface area contributed by atoms with Crippen molar-refractivity contribution in [3.05, 3.63) is 0 Å². The Kier molecular flexibility index (Phi) is 16.7. The Bertz CT molecular complexity index is 895. The molecule has 0 fully saturated rings. The number of guanidine groups is 3. The lowest BCUT2D eigenvalue weighted by molar-refractivity contribution is -0.142. The molecule has 0 bridgehead atoms. The first-order valence-electron chi connectivity index (χ1n) is 12.3. The van der Waals surface area contributed by atoms with Crippen molar-refractivity contribution in [1.82, 2.24) is 16.0 Å². The van der Waals surface area contributed by atoms with Crippen LogP contribution < -0.4 is 56.1 Å². The van der Waals surface area contributed by atoms with Gasteiger partial charge in [-0.25, -0.2) is 4.79 Å². The van der Waals surface area contributed by atoms with Crippen LogP contribution >= 0.6 is 0 Å². The average Bonchev–Trinajstić information content (AvgIpc) is 2.83. The maximum Gasteiger partial charge on any atom is 0.326 e. The van der Waals surface area contributed by atoms with Crippen molar-refractivity contribution < 1.29 is 24.3 Å². The van der Waals surface area contributed by atoms with Crippen LogP contribution in [0, 0.1) is 0 Å². The molecule has 0 aliphatic carbocycles. The molecule has 0 spiro atoms. The van der Waals surface area contributed by atoms with Crippen LogP contribution in [0.5, 0.6) is 0 Å². The third-order valence-corrected chi connectivity index (χ3v) is 5.13. The Morgan fingerprint density at radius 3 is 1.23 bits per heavy atom. The second-order valence-electron chi connectivity index (χ2n) is 8.66. The summed E-state index contributed by atoms with van der Waals surface area (Å²) in [6, 6.07) is -4.40. The molecule has 0 aliphatic rings. The van der Waals surface area contributed by atoms with Crippen molar-refractivity contribution in [2.24, 2.45) is 55.1 Å². The van der Waals surface area contributed by atoms with Crippen LogP contribution in [0.4, 0.5) is 0 Å². The van der Waals surface area contributed by atoms with Crippen molar-refractivity contribution in [2.75, 3.05) is 19.6 Å². The van der Waals surface area contributed by atoms with E-state index in [-0.39, 0.29) is 69.6 Å². The van der Waals surface area contributed by atoms with E-state index in [0.29, 0.717) is 6.42 Å². The number of carboxylic acids is 1. The standard InChI is InChI=1S/C21H43N13O5/c1-11(22)15(35)32-12(5-2-8-29-19(23)24)16(36)33-13(6-3-9-30-20(25)26)17(37)34-14(18(38)39)7-4-10-31-21(27)28/h11-14H,2-10,22H2,1H3,(H,32,35)(H,33,36)(H,34,37)(H,38,39)(H4,23,24,29)(H4,25,26,30)(H4,27,28,31)/t11-,12-,13-,14-/m1/s1. The largest absolute Gasteiger partial charge is 0.480 e. The zero-order valence-corrected chi connectivity index (χ0v) is 22.1. The Labute approximate surface area is 226 Å². The number of hydrogen-bond acceptors (Lipinski definition) is 8. The van der Waals surface area contributed by atoms with Gasteiger partial charge in [-0.2, -0.15) is 0 Å². The zero-order valence-electron chi connectivity index (χ0n) is 22.1. The van der Waals surface area contributed by atoms with Gasteiger partial charge in [0.2, 0.25) is 17.7 Å². The lowest BCUT2D eigenvalue weighted by atomic mass is 10.1. The Hall–Kier alpha value is -4.35. The summed E-state index contributed by atoms with van der Waals surface area (Å²) < 4.78 is 0. The summed E-state index contributed by atoms with van der Waals surface area (Å²) in [6.07, 6.45) is 1.11. The maximum atomic E-state index is 13.1. The zero-order chi connectivity index (χ0) is 30.0. The van der Waals surface area contributed by atoms with Crippen LogP contribution in [0.3, 0.4) is 0 Å². The molecule has 39 heavy (non-hydrogen) atoms. The third-order valence-electron chi connectivity index (χ3n) is 5.13. The summed E-state index contributed by atoms with van der Waals surface area (Å²) in [5.74, 6) is -3.71. The number of nitrogens with one attached hydrogen (secondary N) is 3. The van der Waals surface area contributed by atoms with E-state index in [2.05, 4.69) is 30.9 Å². The average molecular weight is 558 g/mol. The predicted molar refractivity (Wildman–Crippen MR) is 147 cm³/mol. The van der Waals surface area contributed by atoms with E-state index < -0.39 is 47.9 Å². The summed E-state index contributed by atoms with van der Waals surface area (Å²) in [5.41, 5.74) is 37.4. The van der Waals surface area contributed by atoms with Gasteiger partial charge in [-0.3, -0.25) is 29.4 Å². The summed E-state index contributed by atoms with van der Waals surface area (Å²) in [5, 5.41) is 17.1. The van der Waals surface area contributed by atoms with Gasteiger partial charge in [-0.1, -0.05) is 0 Å². The third kappa shape index (κ3) is 16.9. The summed E-state index contributed by atoms with van der Waals surface area (Å²) >= 11 is 0. The van der Waals surface area contributed by atoms with Crippen LogP contribution in [-0.2, 0) is 19.2 Å². The maximum absolute atomic E-state index is 13.1. The molecule has 3 amide bonds. The van der Waals surface area contributed by atoms with Gasteiger partial charge in [-0.05, 0) is 45.4 Å². The molecule has 0 unspecified atom stereocenters. The Morgan fingerprint density at radius 1 is 0.615 bits per heavy atom. The highest BCUT2D eigenvalue weighted by Crippen LogP contribution is 2.06. The van der Waals surface area contributed by atoms with Crippen molar-refractivity contribution in [2.45, 2.75) is 69.6 Å². The first kappa shape index (κ1) is 34.6. The van der Waals surface area contributed by atoms with Gasteiger partial charge in [0, 0.05) is 19.6 Å². The number of nitrogens with two attached hydrogens (primary N) is 7. The molecular weight excluding hydrogens is 514 g/mol. The Balaban J connectivity index is 5.63. The predicted octanol–water partition coefficient (Wildman–Crippen LogP) is -4.97. The van der Waals surface area contributed by atoms with Gasteiger partial charge in [0.05, 0.1) is 6.04 Å². The molecule has 18 N–H and O–H groups in total. The van der Waals surface area contributed by atoms with Gasteiger partial charge in [0.15, 0.2) is 17.9 Å². The molecule has 0 saturated carbocycles. The highest BCUT2D eigenvalue weighted by Gasteiger charge is 2.29. The van der Waals surface area contributed by atoms with E-state index in [1.165, 1.54) is 6.92 Å². The molecule has 0 aromatic carbocycles. The van der Waals surface area contributed by atoms with Crippen LogP contribution in [0.25, 0.3) is 0 Å². The quantitative estimate of drug-likeness (QED) is 0.0404. The van der Waals surface area contributed by atoms with Gasteiger partial charge < -0.3 is 61.2 Å². The molecule has 18 heteroatoms. The molecule has 0 radical (unpaired) electrons. The molecule has 4 atom stereocenters. The van der Waals surface area contributed by atoms with Gasteiger partial charge in [0.25, 0.3) is 0 Å². The molecular formula is C21H43N13O5. The summed E-state index contributed by atoms with van der Waals surface area (Å²) in [7, 11) is 0. The highest BCUT2D eigenvalue weighted by molar-refractivity contribution is 5.94. The first-order valence-corrected chi connectivity index (χ1v) is 12.3. The smallest absolute Gasteiger partial charge is 0.326 e. The van der Waals surface area contributed by atoms with E-state index in [1.807, 2.05) is 0 Å². The fourth-order valence-electron chi connectivity index (χ4n) is 3.15. The molecule has 0 aliphatic heterocycles. The van der Waals surface area contributed by atoms with Crippen molar-refractivity contribution >= 4 is 41.6 Å². The lowest BCUT2D eigenvalue weighted by Crippen LogP contribution is -2.56. The van der Waals surface area contributed by atoms with E-state index in [4.69, 9.17) is 40.1 Å². The number of carboxylic acid groups (broad SMARTS) is 1. The number of hydrogen-bond donors (Lipinski definition) is 11. The fourth-order valence-corrected chi connectivity index (χ4v) is 3.15. The van der Waals surface area contributed by atoms with E-state index in [9.17, 15) is 24.3 Å². The Morgan fingerprint density at radius 2 is 0.923 bits per heavy atom. The van der Waals surface area contributed by atoms with E-state index in [0.717, 1.165) is 0 Å². The van der Waals surface area contributed by atoms with Crippen LogP contribution in [0.15, 0.2) is 15.0 Å². The molecule has 0 heterocycles. The number of aliphatic imine (C=N–C) groups is 3. The van der Waals surface area contributed by atoms with Gasteiger partial charge >= 0.3 is 5.97 Å². The minimum Gasteiger partial charge on any atom is -0.480 e. The molecule has 0 saturated heterocycles. The minimum atomic E-state index is -1.28. The number of carbonyl (C=O) groups is 4. The normalized spacial score (nSPS) is 13.5. The second-order valence-corrected chi connectivity index (χ2v) is 8.66. The second kappa shape index (κ2) is 18.8. The van der Waals surface area contributed by atoms with Crippen LogP contribution in [0.2, 0.25) is 0 Å². The minimum absolute atomic E-state index is 0.0321. The molecule has 18 nitrogen and oxygen atoms in total. The van der Waals surface area contributed by atoms with Gasteiger partial charge in [0.1, 0.15) is 18.1 Å². The summed E-state index contributed by atoms with van der Waals surface area (Å²) in [4.78, 5) is 61.5. The first-order chi connectivity index (χ1) is 18.2. The highest BCUT2D eigenvalue weighted by atomic mass is 16.4. The molecule has 222 valence electrons. The van der Waals surface area contributed by atoms with E-state index in [1.54, 1.807) is 0 Å². The van der Waals surface area contributed by atoms with Crippen molar-refractivity contribution in [1.29, 1.82) is 0 Å². The lowest BCUT2D eigenvalue weighted by Gasteiger charge is -2.25. The molecule has 0 aromatic rings. The van der Waals surface area contributed by atoms with Crippen LogP contribution in [0.1, 0.15) is 45.4 Å². The summed E-state index contributed by atoms with van der Waals surface area (Å²) in [6.45, 7) is 1.97. The number of rotatable bonds is 19. The molecule has 0 rings (SSSR count). The number of nitrogens with zero attached hydrogens (tertiary/aromatic N) is 3. The van der Waals surface area contributed by atoms with Crippen molar-refractivity contribution in [3.63, 3.8) is 0 Å². The SMILES string of the molecule is C[C@@H](N)C(=O)N[C@H](CCCN=C(N)N)C(=O)N[C@H](CCCN=C(N)N)C(=O)N[C@H](CCCN=C(N)N)C(=O)O. The number of carbonyl (C=O) groups excluding carboxylic acids is 3. The number of aliphatic carboxylic acids is 1. The fraction of sp³-hybridized carbons (Fsp3) is 0.667. The van der Waals surface area contributed by atoms with Gasteiger partial charge in [-0.15, -0.1) is 0 Å². The van der Waals surface area contributed by atoms with E-state index >= 15 is 0 Å². The number of amides is 3.